The van der Waals surface area contributed by atoms with Gasteiger partial charge in [-0.1, -0.05) is 0 Å². The number of hydrogen-bond acceptors (Lipinski definition) is 3. The summed E-state index contributed by atoms with van der Waals surface area (Å²) in [4.78, 5) is 26.9. The lowest BCUT2D eigenvalue weighted by molar-refractivity contribution is -0.122. The second kappa shape index (κ2) is 3.23. The maximum absolute atomic E-state index is 11.2. The van der Waals surface area contributed by atoms with Crippen LogP contribution in [-0.2, 0) is 11.3 Å². The van der Waals surface area contributed by atoms with E-state index in [2.05, 4.69) is 4.98 Å². The summed E-state index contributed by atoms with van der Waals surface area (Å²) in [6, 6.07) is 0.730. The average Bonchev–Trinajstić information content (AvgIpc) is 2.56. The fourth-order valence-corrected chi connectivity index (χ4v) is 1.76. The molecule has 1 aliphatic rings. The highest BCUT2D eigenvalue weighted by molar-refractivity contribution is 5.86. The summed E-state index contributed by atoms with van der Waals surface area (Å²) >= 11 is 0. The molecule has 0 saturated carbocycles. The molecule has 15 heavy (non-hydrogen) atoms. The van der Waals surface area contributed by atoms with Crippen LogP contribution in [0.3, 0.4) is 0 Å². The van der Waals surface area contributed by atoms with E-state index in [1.165, 1.54) is 6.20 Å². The zero-order valence-electron chi connectivity index (χ0n) is 7.75. The van der Waals surface area contributed by atoms with E-state index in [0.29, 0.717) is 5.56 Å². The van der Waals surface area contributed by atoms with E-state index in [9.17, 15) is 9.59 Å². The van der Waals surface area contributed by atoms with Crippen molar-refractivity contribution >= 4 is 12.0 Å². The van der Waals surface area contributed by atoms with Crippen LogP contribution in [0.2, 0.25) is 0 Å². The number of amides is 2. The maximum Gasteiger partial charge on any atom is 0.408 e. The molecule has 0 radical (unpaired) electrons. The van der Waals surface area contributed by atoms with Crippen LogP contribution >= 0.6 is 0 Å². The van der Waals surface area contributed by atoms with Crippen molar-refractivity contribution in [2.75, 3.05) is 0 Å². The van der Waals surface area contributed by atoms with Crippen molar-refractivity contribution in [3.05, 3.63) is 29.6 Å². The van der Waals surface area contributed by atoms with E-state index in [-0.39, 0.29) is 6.54 Å². The quantitative estimate of drug-likeness (QED) is 0.682. The first-order valence-electron chi connectivity index (χ1n) is 4.33. The number of nitrogens with zero attached hydrogens (tertiary/aromatic N) is 2. The zero-order valence-corrected chi connectivity index (χ0v) is 7.75. The van der Waals surface area contributed by atoms with E-state index in [4.69, 9.17) is 10.8 Å². The molecule has 0 fully saturated rings. The Kier molecular flexibility index (Phi) is 2.03. The molecule has 0 spiro atoms. The Morgan fingerprint density at radius 1 is 1.60 bits per heavy atom. The maximum atomic E-state index is 11.2. The van der Waals surface area contributed by atoms with Crippen molar-refractivity contribution in [3.8, 4) is 0 Å². The lowest BCUT2D eigenvalue weighted by atomic mass is 10.1. The van der Waals surface area contributed by atoms with E-state index in [0.717, 1.165) is 10.5 Å². The third-order valence-electron chi connectivity index (χ3n) is 2.40. The van der Waals surface area contributed by atoms with Gasteiger partial charge < -0.3 is 10.8 Å². The molecule has 0 aromatic carbocycles. The summed E-state index contributed by atoms with van der Waals surface area (Å²) in [5.74, 6) is -0.664. The molecule has 1 aromatic rings. The van der Waals surface area contributed by atoms with Gasteiger partial charge in [0.2, 0.25) is 5.91 Å². The van der Waals surface area contributed by atoms with Crippen LogP contribution in [0.25, 0.3) is 0 Å². The molecule has 1 aromatic heterocycles. The molecule has 1 aliphatic heterocycles. The number of hydrogen-bond donors (Lipinski definition) is 2. The monoisotopic (exact) mass is 207 g/mol. The molecule has 2 heterocycles. The number of carbonyl (C=O) groups excluding carboxylic acids is 1. The zero-order chi connectivity index (χ0) is 11.0. The Labute approximate surface area is 85.3 Å². The predicted molar refractivity (Wildman–Crippen MR) is 49.7 cm³/mol. The lowest BCUT2D eigenvalue weighted by Gasteiger charge is -2.18. The Balaban J connectivity index is 2.46. The second-order valence-electron chi connectivity index (χ2n) is 3.29. The fourth-order valence-electron chi connectivity index (χ4n) is 1.76. The highest BCUT2D eigenvalue weighted by Crippen LogP contribution is 2.32. The number of carbonyl (C=O) groups is 2. The smallest absolute Gasteiger partial charge is 0.408 e. The van der Waals surface area contributed by atoms with Crippen LogP contribution in [0.15, 0.2) is 18.5 Å². The van der Waals surface area contributed by atoms with Crippen LogP contribution in [-0.4, -0.2) is 27.0 Å². The third-order valence-corrected chi connectivity index (χ3v) is 2.40. The number of aromatic nitrogens is 1. The van der Waals surface area contributed by atoms with Gasteiger partial charge in [-0.2, -0.15) is 0 Å². The van der Waals surface area contributed by atoms with Gasteiger partial charge in [-0.3, -0.25) is 14.7 Å². The molecule has 6 heteroatoms. The van der Waals surface area contributed by atoms with Crippen LogP contribution in [0.5, 0.6) is 0 Å². The highest BCUT2D eigenvalue weighted by Gasteiger charge is 2.37. The van der Waals surface area contributed by atoms with Gasteiger partial charge >= 0.3 is 6.09 Å². The van der Waals surface area contributed by atoms with Gasteiger partial charge in [0.15, 0.2) is 0 Å². The number of nitrogens with two attached hydrogens (primary N) is 1. The van der Waals surface area contributed by atoms with E-state index in [1.54, 1.807) is 12.3 Å². The van der Waals surface area contributed by atoms with E-state index < -0.39 is 18.0 Å². The number of rotatable bonds is 1. The molecular formula is C9H9N3O3. The van der Waals surface area contributed by atoms with Crippen LogP contribution in [0.1, 0.15) is 17.2 Å². The Bertz CT molecular complexity index is 432. The van der Waals surface area contributed by atoms with Gasteiger partial charge in [-0.25, -0.2) is 4.79 Å². The van der Waals surface area contributed by atoms with Crippen molar-refractivity contribution in [3.63, 3.8) is 0 Å². The first kappa shape index (κ1) is 9.45. The van der Waals surface area contributed by atoms with Crippen LogP contribution in [0, 0.1) is 0 Å². The Hall–Kier alpha value is -2.11. The average molecular weight is 207 g/mol. The number of carboxylic acid groups (broad SMARTS) is 1. The standard InChI is InChI=1S/C9H9N3O3/c10-8(13)7-6-1-2-11-3-5(6)4-12(7)9(14)15/h1-3,7H,4H2,(H2,10,13)(H,14,15). The molecule has 2 rings (SSSR count). The van der Waals surface area contributed by atoms with Gasteiger partial charge in [0.05, 0.1) is 6.54 Å². The molecule has 78 valence electrons. The van der Waals surface area contributed by atoms with Crippen molar-refractivity contribution in [2.24, 2.45) is 5.73 Å². The second-order valence-corrected chi connectivity index (χ2v) is 3.29. The first-order valence-corrected chi connectivity index (χ1v) is 4.33. The number of pyridine rings is 1. The molecule has 0 aliphatic carbocycles. The minimum atomic E-state index is -1.16. The molecular weight excluding hydrogens is 198 g/mol. The van der Waals surface area contributed by atoms with Gasteiger partial charge in [-0.05, 0) is 17.2 Å². The minimum absolute atomic E-state index is 0.159. The molecule has 1 atom stereocenters. The first-order chi connectivity index (χ1) is 7.11. The Morgan fingerprint density at radius 2 is 2.33 bits per heavy atom. The van der Waals surface area contributed by atoms with Gasteiger partial charge in [0, 0.05) is 12.4 Å². The van der Waals surface area contributed by atoms with Crippen LogP contribution < -0.4 is 5.73 Å². The number of fused-ring (bicyclic) bond motifs is 1. The topological polar surface area (TPSA) is 96.5 Å². The molecule has 1 unspecified atom stereocenters. The van der Waals surface area contributed by atoms with Crippen molar-refractivity contribution in [1.82, 2.24) is 9.88 Å². The normalized spacial score (nSPS) is 18.7. The summed E-state index contributed by atoms with van der Waals surface area (Å²) in [6.45, 7) is 0.159. The lowest BCUT2D eigenvalue weighted by Crippen LogP contribution is -2.36. The third kappa shape index (κ3) is 1.39. The Morgan fingerprint density at radius 3 is 2.93 bits per heavy atom. The highest BCUT2D eigenvalue weighted by atomic mass is 16.4. The van der Waals surface area contributed by atoms with Crippen molar-refractivity contribution in [1.29, 1.82) is 0 Å². The minimum Gasteiger partial charge on any atom is -0.465 e. The summed E-state index contributed by atoms with van der Waals surface area (Å²) in [5, 5.41) is 8.90. The molecule has 0 saturated heterocycles. The summed E-state index contributed by atoms with van der Waals surface area (Å²) < 4.78 is 0. The predicted octanol–water partition coefficient (Wildman–Crippen LogP) is 0.102. The van der Waals surface area contributed by atoms with Crippen molar-refractivity contribution in [2.45, 2.75) is 12.6 Å². The molecule has 6 nitrogen and oxygen atoms in total. The number of primary amides is 1. The summed E-state index contributed by atoms with van der Waals surface area (Å²) in [6.07, 6.45) is 1.91. The molecule has 2 amide bonds. The summed E-state index contributed by atoms with van der Waals surface area (Å²) in [7, 11) is 0. The van der Waals surface area contributed by atoms with Crippen LogP contribution in [0.4, 0.5) is 4.79 Å². The van der Waals surface area contributed by atoms with Crippen molar-refractivity contribution < 1.29 is 14.7 Å². The van der Waals surface area contributed by atoms with Gasteiger partial charge in [0.1, 0.15) is 6.04 Å². The van der Waals surface area contributed by atoms with Gasteiger partial charge in [0.25, 0.3) is 0 Å². The fraction of sp³-hybridized carbons (Fsp3) is 0.222. The molecule has 3 N–H and O–H groups in total. The van der Waals surface area contributed by atoms with Gasteiger partial charge in [-0.15, -0.1) is 0 Å². The summed E-state index contributed by atoms with van der Waals surface area (Å²) in [5.41, 5.74) is 6.53. The van der Waals surface area contributed by atoms with E-state index in [1.807, 2.05) is 0 Å². The largest absolute Gasteiger partial charge is 0.465 e. The molecule has 0 bridgehead atoms. The SMILES string of the molecule is NC(=O)C1c2ccncc2CN1C(=O)O. The van der Waals surface area contributed by atoms with E-state index >= 15 is 0 Å².